The third-order valence-electron chi connectivity index (χ3n) is 6.22. The van der Waals surface area contributed by atoms with Crippen molar-refractivity contribution in [1.82, 2.24) is 14.3 Å². The number of fused-ring (bicyclic) bond motifs is 2. The lowest BCUT2D eigenvalue weighted by Gasteiger charge is -2.43. The number of rotatable bonds is 1. The van der Waals surface area contributed by atoms with Crippen LogP contribution in [-0.4, -0.2) is 52.3 Å². The number of β-amino-alcohol motifs (C(OH)–C–C–N with tert-alkyl or cyclic N) is 1. The average Bonchev–Trinajstić information content (AvgIpc) is 3.25. The number of aliphatic hydroxyl groups is 1. The summed E-state index contributed by atoms with van der Waals surface area (Å²) in [5.41, 5.74) is 4.10. The number of benzene rings is 1. The second kappa shape index (κ2) is 6.46. The molecule has 1 unspecified atom stereocenters. The molecule has 1 N–H and O–H groups in total. The maximum absolute atomic E-state index is 13.0. The van der Waals surface area contributed by atoms with E-state index in [1.807, 2.05) is 0 Å². The molecule has 5 nitrogen and oxygen atoms in total. The van der Waals surface area contributed by atoms with Gasteiger partial charge >= 0.3 is 0 Å². The van der Waals surface area contributed by atoms with Crippen LogP contribution in [0, 0.1) is 5.41 Å². The van der Waals surface area contributed by atoms with Crippen molar-refractivity contribution >= 4 is 40.8 Å². The van der Waals surface area contributed by atoms with Crippen LogP contribution in [0.3, 0.4) is 0 Å². The van der Waals surface area contributed by atoms with Crippen molar-refractivity contribution in [2.75, 3.05) is 13.1 Å². The van der Waals surface area contributed by atoms with Gasteiger partial charge in [0.25, 0.3) is 5.91 Å². The van der Waals surface area contributed by atoms with Crippen molar-refractivity contribution in [3.63, 3.8) is 0 Å². The first kappa shape index (κ1) is 17.9. The molecule has 7 heteroatoms. The van der Waals surface area contributed by atoms with Crippen molar-refractivity contribution in [1.29, 1.82) is 0 Å². The number of carbonyl (C=O) groups excluding carboxylic acids is 1. The number of hydrogen-bond donors (Lipinski definition) is 1. The summed E-state index contributed by atoms with van der Waals surface area (Å²) in [5, 5.41) is 11.0. The SMILES string of the molecule is [B]c1cc(Br)c2nc(C(=O)N3CCC4(Cc5ccccc5C4)C(O)C3)cn2c1. The Morgan fingerprint density at radius 2 is 1.96 bits per heavy atom. The standard InChI is InChI=1S/C21H19BBrN3O2/c22-15-7-16(23)19-24-17(11-26(19)10-15)20(28)25-6-5-21(18(27)12-25)8-13-3-1-2-4-14(13)9-21/h1-4,7,10-11,18,27H,5-6,8-9,12H2. The number of likely N-dealkylation sites (tertiary alicyclic amines) is 1. The lowest BCUT2D eigenvalue weighted by molar-refractivity contribution is -0.0334. The molecule has 1 aliphatic carbocycles. The monoisotopic (exact) mass is 435 g/mol. The third-order valence-corrected chi connectivity index (χ3v) is 6.80. The van der Waals surface area contributed by atoms with Gasteiger partial charge in [0, 0.05) is 30.9 Å². The predicted molar refractivity (Wildman–Crippen MR) is 111 cm³/mol. The molecule has 1 atom stereocenters. The number of amides is 1. The molecule has 1 spiro atoms. The highest BCUT2D eigenvalue weighted by Gasteiger charge is 2.47. The molecular formula is C21H19BBrN3O2. The topological polar surface area (TPSA) is 57.8 Å². The number of aromatic nitrogens is 2. The number of carbonyl (C=O) groups is 1. The maximum Gasteiger partial charge on any atom is 0.274 e. The summed E-state index contributed by atoms with van der Waals surface area (Å²) in [6, 6.07) is 10.2. The quantitative estimate of drug-likeness (QED) is 0.593. The largest absolute Gasteiger partial charge is 0.391 e. The number of piperidine rings is 1. The molecule has 2 radical (unpaired) electrons. The molecule has 1 amide bonds. The minimum absolute atomic E-state index is 0.154. The van der Waals surface area contributed by atoms with Crippen LogP contribution in [0.4, 0.5) is 0 Å². The molecule has 1 aliphatic heterocycles. The Morgan fingerprint density at radius 3 is 2.64 bits per heavy atom. The van der Waals surface area contributed by atoms with Crippen LogP contribution in [0.1, 0.15) is 28.0 Å². The van der Waals surface area contributed by atoms with Crippen LogP contribution < -0.4 is 5.46 Å². The van der Waals surface area contributed by atoms with Gasteiger partial charge < -0.3 is 14.4 Å². The molecule has 5 rings (SSSR count). The number of aliphatic hydroxyl groups excluding tert-OH is 1. The summed E-state index contributed by atoms with van der Waals surface area (Å²) in [4.78, 5) is 19.2. The molecule has 140 valence electrons. The zero-order valence-electron chi connectivity index (χ0n) is 15.3. The molecule has 28 heavy (non-hydrogen) atoms. The highest BCUT2D eigenvalue weighted by atomic mass is 79.9. The van der Waals surface area contributed by atoms with Gasteiger partial charge in [-0.1, -0.05) is 29.7 Å². The Bertz CT molecular complexity index is 1070. The minimum Gasteiger partial charge on any atom is -0.391 e. The van der Waals surface area contributed by atoms with E-state index in [1.165, 1.54) is 11.1 Å². The van der Waals surface area contributed by atoms with E-state index in [1.54, 1.807) is 27.8 Å². The first-order chi connectivity index (χ1) is 13.4. The van der Waals surface area contributed by atoms with E-state index in [0.29, 0.717) is 29.9 Å². The Labute approximate surface area is 172 Å². The fourth-order valence-corrected chi connectivity index (χ4v) is 5.24. The highest BCUT2D eigenvalue weighted by molar-refractivity contribution is 9.10. The molecule has 3 heterocycles. The summed E-state index contributed by atoms with van der Waals surface area (Å²) >= 11 is 3.44. The maximum atomic E-state index is 13.0. The number of pyridine rings is 1. The lowest BCUT2D eigenvalue weighted by Crippen LogP contribution is -2.53. The van der Waals surface area contributed by atoms with E-state index < -0.39 is 6.10 Å². The minimum atomic E-state index is -0.544. The van der Waals surface area contributed by atoms with Gasteiger partial charge in [0.15, 0.2) is 5.65 Å². The first-order valence-electron chi connectivity index (χ1n) is 9.43. The Morgan fingerprint density at radius 1 is 1.25 bits per heavy atom. The van der Waals surface area contributed by atoms with Gasteiger partial charge in [-0.05, 0) is 52.4 Å². The van der Waals surface area contributed by atoms with Crippen LogP contribution >= 0.6 is 15.9 Å². The Balaban J connectivity index is 1.37. The highest BCUT2D eigenvalue weighted by Crippen LogP contribution is 2.44. The Kier molecular flexibility index (Phi) is 4.14. The molecule has 2 aliphatic rings. The summed E-state index contributed by atoms with van der Waals surface area (Å²) in [5.74, 6) is -0.154. The number of hydrogen-bond acceptors (Lipinski definition) is 3. The summed E-state index contributed by atoms with van der Waals surface area (Å²) < 4.78 is 2.50. The van der Waals surface area contributed by atoms with Gasteiger partial charge in [0.05, 0.1) is 10.6 Å². The van der Waals surface area contributed by atoms with Gasteiger partial charge in [-0.2, -0.15) is 0 Å². The van der Waals surface area contributed by atoms with Gasteiger partial charge in [-0.15, -0.1) is 0 Å². The van der Waals surface area contributed by atoms with E-state index >= 15 is 0 Å². The fraction of sp³-hybridized carbons (Fsp3) is 0.333. The molecule has 3 aromatic rings. The van der Waals surface area contributed by atoms with E-state index in [0.717, 1.165) is 23.7 Å². The molecule has 0 bridgehead atoms. The van der Waals surface area contributed by atoms with Crippen LogP contribution in [0.15, 0.2) is 47.2 Å². The normalized spacial score (nSPS) is 20.6. The molecule has 0 saturated carbocycles. The number of halogens is 1. The van der Waals surface area contributed by atoms with Crippen LogP contribution in [0.2, 0.25) is 0 Å². The Hall–Kier alpha value is -2.12. The van der Waals surface area contributed by atoms with Crippen molar-refractivity contribution < 1.29 is 9.90 Å². The van der Waals surface area contributed by atoms with Gasteiger partial charge in [-0.25, -0.2) is 4.98 Å². The second-order valence-electron chi connectivity index (χ2n) is 7.98. The number of nitrogens with zero attached hydrogens (tertiary/aromatic N) is 3. The van der Waals surface area contributed by atoms with Crippen LogP contribution in [-0.2, 0) is 12.8 Å². The third kappa shape index (κ3) is 2.80. The van der Waals surface area contributed by atoms with E-state index in [9.17, 15) is 9.90 Å². The van der Waals surface area contributed by atoms with Gasteiger partial charge in [-0.3, -0.25) is 4.79 Å². The predicted octanol–water partition coefficient (Wildman–Crippen LogP) is 1.88. The number of imidazole rings is 1. The fourth-order valence-electron chi connectivity index (χ4n) is 4.68. The zero-order chi connectivity index (χ0) is 19.5. The van der Waals surface area contributed by atoms with Crippen molar-refractivity contribution in [3.05, 3.63) is 64.0 Å². The zero-order valence-corrected chi connectivity index (χ0v) is 16.9. The first-order valence-corrected chi connectivity index (χ1v) is 10.2. The molecule has 1 saturated heterocycles. The van der Waals surface area contributed by atoms with Crippen LogP contribution in [0.5, 0.6) is 0 Å². The smallest absolute Gasteiger partial charge is 0.274 e. The van der Waals surface area contributed by atoms with E-state index in [2.05, 4.69) is 45.2 Å². The van der Waals surface area contributed by atoms with Crippen molar-refractivity contribution in [2.24, 2.45) is 5.41 Å². The van der Waals surface area contributed by atoms with Gasteiger partial charge in [0.2, 0.25) is 0 Å². The lowest BCUT2D eigenvalue weighted by atomic mass is 9.73. The van der Waals surface area contributed by atoms with Crippen molar-refractivity contribution in [3.8, 4) is 0 Å². The van der Waals surface area contributed by atoms with E-state index in [-0.39, 0.29) is 11.3 Å². The van der Waals surface area contributed by atoms with Crippen molar-refractivity contribution in [2.45, 2.75) is 25.4 Å². The molecular weight excluding hydrogens is 417 g/mol. The summed E-state index contributed by atoms with van der Waals surface area (Å²) in [6.45, 7) is 0.963. The summed E-state index contributed by atoms with van der Waals surface area (Å²) in [6.07, 6.45) is 5.44. The molecule has 2 aromatic heterocycles. The average molecular weight is 436 g/mol. The molecule has 1 aromatic carbocycles. The summed E-state index contributed by atoms with van der Waals surface area (Å²) in [7, 11) is 5.87. The second-order valence-corrected chi connectivity index (χ2v) is 8.83. The molecule has 1 fully saturated rings. The van der Waals surface area contributed by atoms with Crippen LogP contribution in [0.25, 0.3) is 5.65 Å². The van der Waals surface area contributed by atoms with Gasteiger partial charge in [0.1, 0.15) is 13.5 Å². The van der Waals surface area contributed by atoms with E-state index in [4.69, 9.17) is 7.85 Å².